The number of hydrogen-bond donors (Lipinski definition) is 2. The zero-order valence-electron chi connectivity index (χ0n) is 15.6. The van der Waals surface area contributed by atoms with Crippen LogP contribution in [0.3, 0.4) is 0 Å². The summed E-state index contributed by atoms with van der Waals surface area (Å²) >= 11 is 5.88. The summed E-state index contributed by atoms with van der Waals surface area (Å²) in [5.74, 6) is 0.779. The number of benzene rings is 2. The third-order valence-corrected chi connectivity index (χ3v) is 4.63. The molecule has 7 nitrogen and oxygen atoms in total. The Kier molecular flexibility index (Phi) is 6.24. The lowest BCUT2D eigenvalue weighted by atomic mass is 10.2. The average Bonchev–Trinajstić information content (AvgIpc) is 2.71. The molecule has 2 heterocycles. The second-order valence-electron chi connectivity index (χ2n) is 6.34. The summed E-state index contributed by atoms with van der Waals surface area (Å²) in [5.41, 5.74) is 2.14. The van der Waals surface area contributed by atoms with Crippen molar-refractivity contribution in [3.8, 4) is 5.75 Å². The molecular formula is C20H20ClFN4O3. The van der Waals surface area contributed by atoms with Crippen LogP contribution in [0.25, 0.3) is 10.9 Å². The minimum atomic E-state index is -0.475. The highest BCUT2D eigenvalue weighted by molar-refractivity contribution is 6.31. The molecule has 0 unspecified atom stereocenters. The van der Waals surface area contributed by atoms with E-state index >= 15 is 0 Å². The van der Waals surface area contributed by atoms with Crippen LogP contribution in [0, 0.1) is 5.82 Å². The van der Waals surface area contributed by atoms with Crippen LogP contribution in [-0.2, 0) is 9.47 Å². The summed E-state index contributed by atoms with van der Waals surface area (Å²) in [6.07, 6.45) is 1.46. The van der Waals surface area contributed by atoms with Gasteiger partial charge in [0.15, 0.2) is 0 Å². The molecule has 2 aromatic carbocycles. The number of hydrogen-bond acceptors (Lipinski definition) is 7. The molecule has 3 aromatic rings. The lowest BCUT2D eigenvalue weighted by Gasteiger charge is -2.17. The van der Waals surface area contributed by atoms with Crippen LogP contribution in [-0.4, -0.2) is 49.5 Å². The van der Waals surface area contributed by atoms with Crippen LogP contribution in [0.15, 0.2) is 36.7 Å². The van der Waals surface area contributed by atoms with Gasteiger partial charge < -0.3 is 24.8 Å². The lowest BCUT2D eigenvalue weighted by molar-refractivity contribution is 0.0386. The standard InChI is InChI=1S/C20H20ClFN4O3/c21-15-9-13(1-2-16(15)22)26-20-14-10-18-19(11-17(14)24-12-25-20)29-8-7-28-6-5-27-4-3-23-18/h1-2,9-12,23H,3-8H2,(H,24,25,26). The van der Waals surface area contributed by atoms with Crippen molar-refractivity contribution in [3.05, 3.63) is 47.5 Å². The summed E-state index contributed by atoms with van der Waals surface area (Å²) < 4.78 is 30.3. The lowest BCUT2D eigenvalue weighted by Crippen LogP contribution is -2.17. The summed E-state index contributed by atoms with van der Waals surface area (Å²) in [6, 6.07) is 8.19. The fourth-order valence-electron chi connectivity index (χ4n) is 2.94. The molecule has 0 bridgehead atoms. The predicted octanol–water partition coefficient (Wildman–Crippen LogP) is 4.00. The van der Waals surface area contributed by atoms with Crippen molar-refractivity contribution in [1.29, 1.82) is 0 Å². The van der Waals surface area contributed by atoms with E-state index < -0.39 is 5.82 Å². The van der Waals surface area contributed by atoms with Gasteiger partial charge in [-0.25, -0.2) is 14.4 Å². The number of aromatic nitrogens is 2. The predicted molar refractivity (Wildman–Crippen MR) is 110 cm³/mol. The Morgan fingerprint density at radius 1 is 1.00 bits per heavy atom. The number of anilines is 3. The summed E-state index contributed by atoms with van der Waals surface area (Å²) in [6.45, 7) is 3.16. The minimum Gasteiger partial charge on any atom is -0.489 e. The van der Waals surface area contributed by atoms with E-state index in [2.05, 4.69) is 20.6 Å². The van der Waals surface area contributed by atoms with Crippen molar-refractivity contribution in [3.63, 3.8) is 0 Å². The van der Waals surface area contributed by atoms with E-state index in [0.29, 0.717) is 62.4 Å². The van der Waals surface area contributed by atoms with Gasteiger partial charge in [0.1, 0.15) is 30.3 Å². The Morgan fingerprint density at radius 2 is 1.83 bits per heavy atom. The molecule has 1 aromatic heterocycles. The Hall–Kier alpha value is -2.68. The summed E-state index contributed by atoms with van der Waals surface area (Å²) in [5, 5.41) is 7.33. The van der Waals surface area contributed by atoms with Gasteiger partial charge >= 0.3 is 0 Å². The highest BCUT2D eigenvalue weighted by Gasteiger charge is 2.12. The van der Waals surface area contributed by atoms with Gasteiger partial charge in [0.05, 0.1) is 42.7 Å². The number of nitrogens with one attached hydrogen (secondary N) is 2. The summed E-state index contributed by atoms with van der Waals surface area (Å²) in [7, 11) is 0. The second kappa shape index (κ2) is 9.21. The van der Waals surface area contributed by atoms with Crippen molar-refractivity contribution in [1.82, 2.24) is 9.97 Å². The summed E-state index contributed by atoms with van der Waals surface area (Å²) in [4.78, 5) is 8.69. The van der Waals surface area contributed by atoms with Crippen molar-refractivity contribution >= 4 is 39.7 Å². The van der Waals surface area contributed by atoms with E-state index in [1.165, 1.54) is 18.5 Å². The average molecular weight is 419 g/mol. The zero-order valence-corrected chi connectivity index (χ0v) is 16.3. The Bertz CT molecular complexity index is 1000. The monoisotopic (exact) mass is 418 g/mol. The molecule has 0 fully saturated rings. The quantitative estimate of drug-likeness (QED) is 0.651. The maximum absolute atomic E-state index is 13.4. The third-order valence-electron chi connectivity index (χ3n) is 4.34. The van der Waals surface area contributed by atoms with Gasteiger partial charge in [-0.1, -0.05) is 11.6 Å². The van der Waals surface area contributed by atoms with Crippen LogP contribution in [0.1, 0.15) is 0 Å². The number of nitrogens with zero attached hydrogens (tertiary/aromatic N) is 2. The Balaban J connectivity index is 1.67. The number of ether oxygens (including phenoxy) is 3. The smallest absolute Gasteiger partial charge is 0.144 e. The molecule has 0 atom stereocenters. The van der Waals surface area contributed by atoms with Crippen LogP contribution in [0.2, 0.25) is 5.02 Å². The van der Waals surface area contributed by atoms with Crippen LogP contribution >= 0.6 is 11.6 Å². The molecule has 0 saturated carbocycles. The molecule has 0 aliphatic carbocycles. The van der Waals surface area contributed by atoms with Crippen molar-refractivity contribution in [2.75, 3.05) is 50.2 Å². The topological polar surface area (TPSA) is 77.5 Å². The fraction of sp³-hybridized carbons (Fsp3) is 0.300. The molecule has 152 valence electrons. The van der Waals surface area contributed by atoms with Crippen LogP contribution in [0.4, 0.5) is 21.6 Å². The van der Waals surface area contributed by atoms with Crippen LogP contribution < -0.4 is 15.4 Å². The number of fused-ring (bicyclic) bond motifs is 2. The maximum Gasteiger partial charge on any atom is 0.144 e. The Labute approximate surface area is 172 Å². The molecule has 9 heteroatoms. The van der Waals surface area contributed by atoms with Gasteiger partial charge in [0, 0.05) is 23.7 Å². The third kappa shape index (κ3) is 4.84. The maximum atomic E-state index is 13.4. The van der Waals surface area contributed by atoms with E-state index in [9.17, 15) is 4.39 Å². The molecule has 29 heavy (non-hydrogen) atoms. The van der Waals surface area contributed by atoms with E-state index in [0.717, 1.165) is 11.1 Å². The SMILES string of the molecule is Fc1ccc(Nc2ncnc3cc4c(cc23)NCCOCCOCCO4)cc1Cl. The molecular weight excluding hydrogens is 399 g/mol. The first-order valence-corrected chi connectivity index (χ1v) is 9.61. The molecule has 1 aliphatic rings. The van der Waals surface area contributed by atoms with Gasteiger partial charge in [-0.15, -0.1) is 0 Å². The first-order valence-electron chi connectivity index (χ1n) is 9.24. The van der Waals surface area contributed by atoms with E-state index in [4.69, 9.17) is 25.8 Å². The van der Waals surface area contributed by atoms with Gasteiger partial charge in [-0.3, -0.25) is 0 Å². The number of rotatable bonds is 2. The highest BCUT2D eigenvalue weighted by Crippen LogP contribution is 2.33. The van der Waals surface area contributed by atoms with Gasteiger partial charge in [-0.05, 0) is 24.3 Å². The highest BCUT2D eigenvalue weighted by atomic mass is 35.5. The normalized spacial score (nSPS) is 15.4. The zero-order chi connectivity index (χ0) is 20.1. The van der Waals surface area contributed by atoms with Crippen molar-refractivity contribution in [2.24, 2.45) is 0 Å². The van der Waals surface area contributed by atoms with Gasteiger partial charge in [-0.2, -0.15) is 0 Å². The largest absolute Gasteiger partial charge is 0.489 e. The first-order chi connectivity index (χ1) is 14.2. The molecule has 2 N–H and O–H groups in total. The molecule has 4 rings (SSSR count). The fourth-order valence-corrected chi connectivity index (χ4v) is 3.12. The van der Waals surface area contributed by atoms with Crippen molar-refractivity contribution in [2.45, 2.75) is 0 Å². The molecule has 0 saturated heterocycles. The van der Waals surface area contributed by atoms with E-state index in [-0.39, 0.29) is 5.02 Å². The first kappa shape index (κ1) is 19.6. The molecule has 0 radical (unpaired) electrons. The van der Waals surface area contributed by atoms with E-state index in [1.807, 2.05) is 12.1 Å². The molecule has 1 aliphatic heterocycles. The van der Waals surface area contributed by atoms with Gasteiger partial charge in [0.2, 0.25) is 0 Å². The second-order valence-corrected chi connectivity index (χ2v) is 6.75. The van der Waals surface area contributed by atoms with E-state index in [1.54, 1.807) is 6.07 Å². The minimum absolute atomic E-state index is 0.0371. The molecule has 0 spiro atoms. The Morgan fingerprint density at radius 3 is 2.69 bits per heavy atom. The number of halogens is 2. The van der Waals surface area contributed by atoms with Crippen LogP contribution in [0.5, 0.6) is 5.75 Å². The molecule has 0 amide bonds. The van der Waals surface area contributed by atoms with Crippen molar-refractivity contribution < 1.29 is 18.6 Å². The van der Waals surface area contributed by atoms with Gasteiger partial charge in [0.25, 0.3) is 0 Å².